The number of ether oxygens (including phenoxy) is 1. The molecule has 2 aromatic heterocycles. The van der Waals surface area contributed by atoms with Crippen molar-refractivity contribution in [3.05, 3.63) is 60.5 Å². The Morgan fingerprint density at radius 3 is 2.36 bits per heavy atom. The highest BCUT2D eigenvalue weighted by atomic mass is 32.2. The van der Waals surface area contributed by atoms with Crippen molar-refractivity contribution in [3.63, 3.8) is 0 Å². The van der Waals surface area contributed by atoms with E-state index in [1.165, 1.54) is 30.5 Å². The van der Waals surface area contributed by atoms with E-state index < -0.39 is 22.0 Å². The summed E-state index contributed by atoms with van der Waals surface area (Å²) >= 11 is 0. The van der Waals surface area contributed by atoms with E-state index in [0.717, 1.165) is 4.68 Å². The van der Waals surface area contributed by atoms with Crippen LogP contribution < -0.4 is 21.5 Å². The zero-order valence-electron chi connectivity index (χ0n) is 18.7. The topological polar surface area (TPSA) is 210 Å². The molecule has 0 saturated carbocycles. The molecule has 0 aliphatic rings. The molecule has 2 aromatic carbocycles. The van der Waals surface area contributed by atoms with Crippen molar-refractivity contribution in [2.75, 3.05) is 23.0 Å². The van der Waals surface area contributed by atoms with Crippen LogP contribution in [0.4, 0.5) is 28.1 Å². The average Bonchev–Trinajstić information content (AvgIpc) is 3.47. The van der Waals surface area contributed by atoms with Gasteiger partial charge in [-0.05, 0) is 55.5 Å². The van der Waals surface area contributed by atoms with Crippen molar-refractivity contribution in [2.45, 2.75) is 11.8 Å². The molecular weight excluding hydrogens is 492 g/mol. The molecule has 15 heteroatoms. The van der Waals surface area contributed by atoms with E-state index in [-0.39, 0.29) is 35.0 Å². The molecular formula is C21H20N8O6S. The first-order chi connectivity index (χ1) is 17.1. The molecule has 4 rings (SSSR count). The second kappa shape index (κ2) is 9.85. The number of primary sulfonamides is 1. The van der Waals surface area contributed by atoms with Gasteiger partial charge in [0.15, 0.2) is 5.69 Å². The number of carbonyl (C=O) groups excluding carboxylic acids is 2. The summed E-state index contributed by atoms with van der Waals surface area (Å²) in [6, 6.07) is 11.3. The first kappa shape index (κ1) is 24.4. The lowest BCUT2D eigenvalue weighted by molar-refractivity contribution is 0.0519. The highest BCUT2D eigenvalue weighted by Crippen LogP contribution is 2.22. The van der Waals surface area contributed by atoms with Crippen LogP contribution in [-0.4, -0.2) is 46.8 Å². The summed E-state index contributed by atoms with van der Waals surface area (Å²) in [6.07, 6.45) is 1.20. The molecule has 0 saturated heterocycles. The number of carbonyl (C=O) groups is 2. The maximum Gasteiger partial charge on any atom is 0.360 e. The number of anilines is 4. The SMILES string of the molecule is CCOC(=O)c1coc(-c2ccc(NC(=O)n3nc(Nc4ccc(S(N)(=O)=O)cc4)nc3N)cc2)n1. The third-order valence-electron chi connectivity index (χ3n) is 4.64. The van der Waals surface area contributed by atoms with Crippen LogP contribution in [0.5, 0.6) is 0 Å². The molecule has 0 spiro atoms. The molecule has 0 bridgehead atoms. The number of nitrogens with one attached hydrogen (secondary N) is 2. The maximum atomic E-state index is 12.6. The Hall–Kier alpha value is -4.76. The van der Waals surface area contributed by atoms with Gasteiger partial charge in [0.1, 0.15) is 6.26 Å². The number of benzene rings is 2. The number of hydrogen-bond donors (Lipinski definition) is 4. The molecule has 36 heavy (non-hydrogen) atoms. The molecule has 0 aliphatic heterocycles. The van der Waals surface area contributed by atoms with E-state index in [2.05, 4.69) is 25.7 Å². The summed E-state index contributed by atoms with van der Waals surface area (Å²) in [7, 11) is -3.82. The van der Waals surface area contributed by atoms with Crippen LogP contribution in [-0.2, 0) is 14.8 Å². The Morgan fingerprint density at radius 1 is 1.06 bits per heavy atom. The van der Waals surface area contributed by atoms with E-state index in [4.69, 9.17) is 20.0 Å². The molecule has 0 radical (unpaired) electrons. The first-order valence-corrected chi connectivity index (χ1v) is 11.9. The number of esters is 1. The average molecular weight is 513 g/mol. The minimum absolute atomic E-state index is 0.0163. The van der Waals surface area contributed by atoms with Crippen molar-refractivity contribution in [1.82, 2.24) is 19.7 Å². The fraction of sp³-hybridized carbons (Fsp3) is 0.0952. The van der Waals surface area contributed by atoms with Crippen LogP contribution in [0, 0.1) is 0 Å². The second-order valence-corrected chi connectivity index (χ2v) is 8.73. The molecule has 2 heterocycles. The van der Waals surface area contributed by atoms with Gasteiger partial charge in [-0.15, -0.1) is 9.78 Å². The van der Waals surface area contributed by atoms with Gasteiger partial charge in [0.05, 0.1) is 11.5 Å². The van der Waals surface area contributed by atoms with Gasteiger partial charge in [0.25, 0.3) is 0 Å². The molecule has 0 atom stereocenters. The normalized spacial score (nSPS) is 11.2. The van der Waals surface area contributed by atoms with Crippen LogP contribution >= 0.6 is 0 Å². The Labute approximate surface area is 204 Å². The minimum atomic E-state index is -3.82. The molecule has 0 fully saturated rings. The van der Waals surface area contributed by atoms with Crippen molar-refractivity contribution in [3.8, 4) is 11.5 Å². The van der Waals surface area contributed by atoms with Gasteiger partial charge in [0, 0.05) is 16.9 Å². The zero-order chi connectivity index (χ0) is 25.9. The van der Waals surface area contributed by atoms with Gasteiger partial charge in [-0.3, -0.25) is 0 Å². The predicted octanol–water partition coefficient (Wildman–Crippen LogP) is 2.16. The molecule has 186 valence electrons. The van der Waals surface area contributed by atoms with Gasteiger partial charge in [-0.2, -0.15) is 4.98 Å². The predicted molar refractivity (Wildman–Crippen MR) is 128 cm³/mol. The van der Waals surface area contributed by atoms with Crippen molar-refractivity contribution in [1.29, 1.82) is 0 Å². The number of nitrogens with two attached hydrogens (primary N) is 2. The third kappa shape index (κ3) is 5.48. The number of hydrogen-bond acceptors (Lipinski definition) is 11. The van der Waals surface area contributed by atoms with Crippen LogP contribution in [0.1, 0.15) is 17.4 Å². The van der Waals surface area contributed by atoms with Gasteiger partial charge in [-0.25, -0.2) is 28.1 Å². The van der Waals surface area contributed by atoms with Crippen LogP contribution in [0.2, 0.25) is 0 Å². The summed E-state index contributed by atoms with van der Waals surface area (Å²) in [5, 5.41) is 14.5. The standard InChI is InChI=1S/C21H20N8O6S/c1-2-34-18(30)16-11-35-17(26-16)12-3-5-14(6-4-12)25-21(31)29-19(22)27-20(28-29)24-13-7-9-15(10-8-13)36(23,32)33/h3-11H,2H2,1H3,(H,25,31)(H2,23,32,33)(H3,22,24,27,28). The molecule has 0 unspecified atom stereocenters. The first-order valence-electron chi connectivity index (χ1n) is 10.3. The largest absolute Gasteiger partial charge is 0.461 e. The fourth-order valence-corrected chi connectivity index (χ4v) is 3.48. The van der Waals surface area contributed by atoms with Crippen molar-refractivity contribution < 1.29 is 27.2 Å². The maximum absolute atomic E-state index is 12.6. The third-order valence-corrected chi connectivity index (χ3v) is 5.56. The van der Waals surface area contributed by atoms with Crippen molar-refractivity contribution >= 4 is 45.3 Å². The number of sulfonamides is 1. The number of amides is 1. The summed E-state index contributed by atoms with van der Waals surface area (Å²) in [6.45, 7) is 1.91. The minimum Gasteiger partial charge on any atom is -0.461 e. The lowest BCUT2D eigenvalue weighted by atomic mass is 10.2. The van der Waals surface area contributed by atoms with Gasteiger partial charge in [0.2, 0.25) is 27.8 Å². The Morgan fingerprint density at radius 2 is 1.72 bits per heavy atom. The Kier molecular flexibility index (Phi) is 6.67. The molecule has 6 N–H and O–H groups in total. The zero-order valence-corrected chi connectivity index (χ0v) is 19.5. The number of oxazole rings is 1. The monoisotopic (exact) mass is 512 g/mol. The van der Waals surface area contributed by atoms with Crippen LogP contribution in [0.25, 0.3) is 11.5 Å². The lowest BCUT2D eigenvalue weighted by Crippen LogP contribution is -2.22. The molecule has 0 aliphatic carbocycles. The summed E-state index contributed by atoms with van der Waals surface area (Å²) in [5.74, 6) is -0.540. The summed E-state index contributed by atoms with van der Waals surface area (Å²) < 4.78 is 33.8. The highest BCUT2D eigenvalue weighted by molar-refractivity contribution is 7.89. The Bertz CT molecular complexity index is 1510. The lowest BCUT2D eigenvalue weighted by Gasteiger charge is -2.06. The van der Waals surface area contributed by atoms with Crippen LogP contribution in [0.3, 0.4) is 0 Å². The van der Waals surface area contributed by atoms with E-state index in [1.54, 1.807) is 31.2 Å². The number of rotatable bonds is 7. The number of nitrogens with zero attached hydrogens (tertiary/aromatic N) is 4. The van der Waals surface area contributed by atoms with Gasteiger partial charge in [-0.1, -0.05) is 0 Å². The van der Waals surface area contributed by atoms with Gasteiger partial charge >= 0.3 is 12.0 Å². The van der Waals surface area contributed by atoms with E-state index >= 15 is 0 Å². The molecule has 1 amide bonds. The fourth-order valence-electron chi connectivity index (χ4n) is 2.96. The summed E-state index contributed by atoms with van der Waals surface area (Å²) in [4.78, 5) is 32.4. The van der Waals surface area contributed by atoms with E-state index in [9.17, 15) is 18.0 Å². The Balaban J connectivity index is 1.41. The quantitative estimate of drug-likeness (QED) is 0.263. The van der Waals surface area contributed by atoms with Crippen LogP contribution in [0.15, 0.2) is 64.1 Å². The van der Waals surface area contributed by atoms with E-state index in [1.807, 2.05) is 0 Å². The second-order valence-electron chi connectivity index (χ2n) is 7.17. The number of nitrogen functional groups attached to an aromatic ring is 1. The van der Waals surface area contributed by atoms with E-state index in [0.29, 0.717) is 16.9 Å². The summed E-state index contributed by atoms with van der Waals surface area (Å²) in [5.41, 5.74) is 7.31. The number of aromatic nitrogens is 4. The molecule has 4 aromatic rings. The van der Waals surface area contributed by atoms with Gasteiger partial charge < -0.3 is 25.5 Å². The molecule has 14 nitrogen and oxygen atoms in total. The van der Waals surface area contributed by atoms with Crippen molar-refractivity contribution in [2.24, 2.45) is 5.14 Å². The smallest absolute Gasteiger partial charge is 0.360 e. The highest BCUT2D eigenvalue weighted by Gasteiger charge is 2.17.